The average Bonchev–Trinajstić information content (AvgIpc) is 2.39. The van der Waals surface area contributed by atoms with Gasteiger partial charge in [-0.2, -0.15) is 0 Å². The molecule has 0 saturated carbocycles. The first-order valence-electron chi connectivity index (χ1n) is 6.52. The Morgan fingerprint density at radius 1 is 1.40 bits per heavy atom. The van der Waals surface area contributed by atoms with E-state index >= 15 is 0 Å². The van der Waals surface area contributed by atoms with Crippen molar-refractivity contribution in [2.45, 2.75) is 31.7 Å². The molecule has 20 heavy (non-hydrogen) atoms. The molecule has 0 bridgehead atoms. The Labute approximate surface area is 122 Å². The topological polar surface area (TPSA) is 78.4 Å². The number of amides is 1. The first-order valence-corrected chi connectivity index (χ1v) is 6.90. The van der Waals surface area contributed by atoms with Gasteiger partial charge >= 0.3 is 5.97 Å². The fourth-order valence-corrected chi connectivity index (χ4v) is 2.61. The lowest BCUT2D eigenvalue weighted by Gasteiger charge is -2.33. The van der Waals surface area contributed by atoms with Crippen molar-refractivity contribution in [2.75, 3.05) is 11.9 Å². The normalized spacial score (nSPS) is 22.3. The molecular weight excluding hydrogens is 280 g/mol. The van der Waals surface area contributed by atoms with Gasteiger partial charge < -0.3 is 15.7 Å². The van der Waals surface area contributed by atoms with Crippen molar-refractivity contribution in [2.24, 2.45) is 0 Å². The van der Waals surface area contributed by atoms with E-state index in [0.717, 1.165) is 25.8 Å². The highest BCUT2D eigenvalue weighted by atomic mass is 35.5. The first kappa shape index (κ1) is 14.8. The first-order chi connectivity index (χ1) is 9.44. The predicted octanol–water partition coefficient (Wildman–Crippen LogP) is 2.51. The largest absolute Gasteiger partial charge is 0.478 e. The van der Waals surface area contributed by atoms with Crippen LogP contribution in [-0.2, 0) is 4.79 Å². The second-order valence-electron chi connectivity index (χ2n) is 5.14. The van der Waals surface area contributed by atoms with Gasteiger partial charge in [0.2, 0.25) is 5.91 Å². The van der Waals surface area contributed by atoms with E-state index in [9.17, 15) is 14.7 Å². The van der Waals surface area contributed by atoms with Gasteiger partial charge in [-0.3, -0.25) is 4.79 Å². The maximum Gasteiger partial charge on any atom is 0.339 e. The van der Waals surface area contributed by atoms with Crippen LogP contribution < -0.4 is 10.6 Å². The minimum absolute atomic E-state index is 0.0815. The lowest BCUT2D eigenvalue weighted by atomic mass is 9.90. The van der Waals surface area contributed by atoms with Crippen LogP contribution >= 0.6 is 11.6 Å². The molecule has 1 saturated heterocycles. The third-order valence-corrected chi connectivity index (χ3v) is 3.91. The lowest BCUT2D eigenvalue weighted by Crippen LogP contribution is -2.54. The molecule has 1 aliphatic rings. The monoisotopic (exact) mass is 296 g/mol. The molecule has 108 valence electrons. The molecular formula is C14H17ClN2O3. The molecule has 1 fully saturated rings. The number of anilines is 1. The van der Waals surface area contributed by atoms with E-state index in [1.807, 2.05) is 6.92 Å². The van der Waals surface area contributed by atoms with Gasteiger partial charge in [-0.15, -0.1) is 0 Å². The van der Waals surface area contributed by atoms with Gasteiger partial charge in [0.25, 0.3) is 0 Å². The van der Waals surface area contributed by atoms with Crippen molar-refractivity contribution in [3.05, 3.63) is 28.8 Å². The van der Waals surface area contributed by atoms with Crippen molar-refractivity contribution >= 4 is 29.2 Å². The van der Waals surface area contributed by atoms with Gasteiger partial charge in [0.15, 0.2) is 0 Å². The van der Waals surface area contributed by atoms with Crippen LogP contribution in [0.4, 0.5) is 5.69 Å². The van der Waals surface area contributed by atoms with E-state index in [1.54, 1.807) is 12.1 Å². The Bertz CT molecular complexity index is 539. The maximum absolute atomic E-state index is 12.4. The molecule has 1 heterocycles. The van der Waals surface area contributed by atoms with Crippen LogP contribution in [0.5, 0.6) is 0 Å². The van der Waals surface area contributed by atoms with E-state index in [-0.39, 0.29) is 22.2 Å². The summed E-state index contributed by atoms with van der Waals surface area (Å²) in [6.07, 6.45) is 2.74. The number of piperidine rings is 1. The van der Waals surface area contributed by atoms with Crippen molar-refractivity contribution < 1.29 is 14.7 Å². The summed E-state index contributed by atoms with van der Waals surface area (Å²) in [5, 5.41) is 15.2. The average molecular weight is 297 g/mol. The summed E-state index contributed by atoms with van der Waals surface area (Å²) in [7, 11) is 0. The predicted molar refractivity (Wildman–Crippen MR) is 77.3 cm³/mol. The number of carbonyl (C=O) groups excluding carboxylic acids is 1. The summed E-state index contributed by atoms with van der Waals surface area (Å²) in [4.78, 5) is 23.6. The summed E-state index contributed by atoms with van der Waals surface area (Å²) < 4.78 is 0. The van der Waals surface area contributed by atoms with Crippen LogP contribution in [0.2, 0.25) is 5.02 Å². The molecule has 5 nitrogen and oxygen atoms in total. The molecule has 0 radical (unpaired) electrons. The zero-order valence-corrected chi connectivity index (χ0v) is 12.0. The number of nitrogens with one attached hydrogen (secondary N) is 2. The third kappa shape index (κ3) is 2.94. The number of rotatable bonds is 3. The van der Waals surface area contributed by atoms with Gasteiger partial charge in [0.05, 0.1) is 16.2 Å². The van der Waals surface area contributed by atoms with Crippen LogP contribution in [0.1, 0.15) is 36.5 Å². The Hall–Kier alpha value is -1.59. The second kappa shape index (κ2) is 5.81. The fraction of sp³-hybridized carbons (Fsp3) is 0.429. The van der Waals surface area contributed by atoms with Crippen molar-refractivity contribution in [1.29, 1.82) is 0 Å². The SMILES string of the molecule is CC1(C(=O)Nc2cccc(Cl)c2C(=O)O)CCCCN1. The van der Waals surface area contributed by atoms with Crippen LogP contribution in [0, 0.1) is 0 Å². The quantitative estimate of drug-likeness (QED) is 0.801. The Kier molecular flexibility index (Phi) is 4.30. The Balaban J connectivity index is 2.24. The highest BCUT2D eigenvalue weighted by Crippen LogP contribution is 2.26. The van der Waals surface area contributed by atoms with Crippen LogP contribution in [0.3, 0.4) is 0 Å². The van der Waals surface area contributed by atoms with E-state index in [0.29, 0.717) is 0 Å². The number of carboxylic acids is 1. The molecule has 1 atom stereocenters. The molecule has 3 N–H and O–H groups in total. The number of hydrogen-bond acceptors (Lipinski definition) is 3. The molecule has 6 heteroatoms. The molecule has 1 unspecified atom stereocenters. The summed E-state index contributed by atoms with van der Waals surface area (Å²) in [6, 6.07) is 4.64. The fourth-order valence-electron chi connectivity index (χ4n) is 2.36. The van der Waals surface area contributed by atoms with Gasteiger partial charge in [0, 0.05) is 0 Å². The Morgan fingerprint density at radius 3 is 2.75 bits per heavy atom. The molecule has 1 aromatic rings. The molecule has 1 amide bonds. The third-order valence-electron chi connectivity index (χ3n) is 3.60. The molecule has 1 aliphatic heterocycles. The van der Waals surface area contributed by atoms with Crippen LogP contribution in [-0.4, -0.2) is 29.1 Å². The second-order valence-corrected chi connectivity index (χ2v) is 5.54. The van der Waals surface area contributed by atoms with Crippen LogP contribution in [0.15, 0.2) is 18.2 Å². The van der Waals surface area contributed by atoms with Gasteiger partial charge in [-0.05, 0) is 44.9 Å². The number of halogens is 1. The highest BCUT2D eigenvalue weighted by molar-refractivity contribution is 6.34. The summed E-state index contributed by atoms with van der Waals surface area (Å²) in [5.74, 6) is -1.39. The van der Waals surface area contributed by atoms with Gasteiger partial charge in [-0.25, -0.2) is 4.79 Å². The molecule has 2 rings (SSSR count). The van der Waals surface area contributed by atoms with Crippen molar-refractivity contribution in [1.82, 2.24) is 5.32 Å². The number of carboxylic acid groups (broad SMARTS) is 1. The summed E-state index contributed by atoms with van der Waals surface area (Å²) in [5.41, 5.74) is -0.526. The van der Waals surface area contributed by atoms with Crippen molar-refractivity contribution in [3.63, 3.8) is 0 Å². The van der Waals surface area contributed by atoms with Crippen LogP contribution in [0.25, 0.3) is 0 Å². The standard InChI is InChI=1S/C14H17ClN2O3/c1-14(7-2-3-8-16-14)13(20)17-10-6-4-5-9(15)11(10)12(18)19/h4-6,16H,2-3,7-8H2,1H3,(H,17,20)(H,18,19). The zero-order valence-electron chi connectivity index (χ0n) is 11.2. The molecule has 0 spiro atoms. The van der Waals surface area contributed by atoms with E-state index in [1.165, 1.54) is 6.07 Å². The Morgan fingerprint density at radius 2 is 2.15 bits per heavy atom. The molecule has 1 aromatic carbocycles. The van der Waals surface area contributed by atoms with E-state index in [4.69, 9.17) is 11.6 Å². The number of aromatic carboxylic acids is 1. The molecule has 0 aromatic heterocycles. The van der Waals surface area contributed by atoms with Gasteiger partial charge in [0.1, 0.15) is 5.56 Å². The summed E-state index contributed by atoms with van der Waals surface area (Å²) in [6.45, 7) is 2.61. The summed E-state index contributed by atoms with van der Waals surface area (Å²) >= 11 is 5.88. The zero-order chi connectivity index (χ0) is 14.8. The lowest BCUT2D eigenvalue weighted by molar-refractivity contribution is -0.122. The smallest absolute Gasteiger partial charge is 0.339 e. The minimum atomic E-state index is -1.16. The highest BCUT2D eigenvalue weighted by Gasteiger charge is 2.34. The molecule has 0 aliphatic carbocycles. The van der Waals surface area contributed by atoms with E-state index in [2.05, 4.69) is 10.6 Å². The van der Waals surface area contributed by atoms with Gasteiger partial charge in [-0.1, -0.05) is 17.7 Å². The number of hydrogen-bond donors (Lipinski definition) is 3. The minimum Gasteiger partial charge on any atom is -0.478 e. The number of carbonyl (C=O) groups is 2. The van der Waals surface area contributed by atoms with E-state index < -0.39 is 11.5 Å². The number of benzene rings is 1. The van der Waals surface area contributed by atoms with Crippen molar-refractivity contribution in [3.8, 4) is 0 Å². The maximum atomic E-state index is 12.4.